The van der Waals surface area contributed by atoms with Crippen LogP contribution in [0.1, 0.15) is 5.56 Å². The van der Waals surface area contributed by atoms with Crippen LogP contribution in [0.5, 0.6) is 0 Å². The lowest BCUT2D eigenvalue weighted by Gasteiger charge is -1.99. The number of thioether (sulfide) groups is 1. The van der Waals surface area contributed by atoms with E-state index in [9.17, 15) is 4.79 Å². The van der Waals surface area contributed by atoms with Crippen molar-refractivity contribution >= 4 is 56.7 Å². The molecule has 0 atom stereocenters. The number of nitrogens with one attached hydrogen (secondary N) is 1. The minimum absolute atomic E-state index is 0.177. The summed E-state index contributed by atoms with van der Waals surface area (Å²) >= 11 is 8.85. The summed E-state index contributed by atoms with van der Waals surface area (Å²) in [5.74, 6) is 0.578. The Morgan fingerprint density at radius 2 is 2.35 bits per heavy atom. The molecule has 0 aliphatic carbocycles. The standard InChI is InChI=1S/C15H12ClN3O2S2/c1-2-5-22-15-19-18-14(23-15)17-13(20)6-9-8-21-12-4-3-10(16)7-11(9)12/h2-4,7-8H,1,5-6H2,(H,17,18,20). The molecule has 23 heavy (non-hydrogen) atoms. The molecule has 2 heterocycles. The lowest BCUT2D eigenvalue weighted by molar-refractivity contribution is -0.115. The van der Waals surface area contributed by atoms with Gasteiger partial charge < -0.3 is 9.73 Å². The lowest BCUT2D eigenvalue weighted by Crippen LogP contribution is -2.13. The van der Waals surface area contributed by atoms with Crippen LogP contribution in [0, 0.1) is 0 Å². The number of halogens is 1. The van der Waals surface area contributed by atoms with E-state index in [0.29, 0.717) is 15.7 Å². The fourth-order valence-electron chi connectivity index (χ4n) is 1.98. The Kier molecular flexibility index (Phi) is 5.00. The Morgan fingerprint density at radius 3 is 3.17 bits per heavy atom. The molecule has 1 N–H and O–H groups in total. The molecule has 3 aromatic rings. The van der Waals surface area contributed by atoms with Crippen molar-refractivity contribution in [3.05, 3.63) is 47.7 Å². The summed E-state index contributed by atoms with van der Waals surface area (Å²) in [4.78, 5) is 12.2. The molecule has 8 heteroatoms. The zero-order valence-electron chi connectivity index (χ0n) is 11.9. The van der Waals surface area contributed by atoms with Gasteiger partial charge in [0.15, 0.2) is 4.34 Å². The first-order chi connectivity index (χ1) is 11.2. The van der Waals surface area contributed by atoms with Crippen molar-refractivity contribution in [3.8, 4) is 0 Å². The van der Waals surface area contributed by atoms with Crippen molar-refractivity contribution < 1.29 is 9.21 Å². The van der Waals surface area contributed by atoms with E-state index in [-0.39, 0.29) is 12.3 Å². The first-order valence-corrected chi connectivity index (χ1v) is 8.86. The van der Waals surface area contributed by atoms with E-state index in [1.54, 1.807) is 30.5 Å². The van der Waals surface area contributed by atoms with Crippen molar-refractivity contribution in [2.45, 2.75) is 10.8 Å². The highest BCUT2D eigenvalue weighted by atomic mass is 35.5. The minimum Gasteiger partial charge on any atom is -0.464 e. The van der Waals surface area contributed by atoms with E-state index in [4.69, 9.17) is 16.0 Å². The monoisotopic (exact) mass is 365 g/mol. The van der Waals surface area contributed by atoms with Crippen LogP contribution in [0.2, 0.25) is 5.02 Å². The summed E-state index contributed by atoms with van der Waals surface area (Å²) < 4.78 is 6.22. The maximum atomic E-state index is 12.2. The summed E-state index contributed by atoms with van der Waals surface area (Å²) in [6.45, 7) is 3.65. The molecule has 0 aliphatic rings. The number of amides is 1. The molecule has 1 aromatic carbocycles. The third-order valence-electron chi connectivity index (χ3n) is 2.94. The van der Waals surface area contributed by atoms with Crippen LogP contribution >= 0.6 is 34.7 Å². The van der Waals surface area contributed by atoms with Gasteiger partial charge in [0.1, 0.15) is 5.58 Å². The molecule has 1 amide bonds. The van der Waals surface area contributed by atoms with Crippen LogP contribution < -0.4 is 5.32 Å². The van der Waals surface area contributed by atoms with Gasteiger partial charge in [0.2, 0.25) is 11.0 Å². The molecule has 2 aromatic heterocycles. The Balaban J connectivity index is 1.67. The van der Waals surface area contributed by atoms with E-state index in [1.165, 1.54) is 23.1 Å². The molecule has 5 nitrogen and oxygen atoms in total. The van der Waals surface area contributed by atoms with E-state index >= 15 is 0 Å². The maximum Gasteiger partial charge on any atom is 0.230 e. The molecule has 0 saturated carbocycles. The van der Waals surface area contributed by atoms with Crippen LogP contribution in [0.3, 0.4) is 0 Å². The summed E-state index contributed by atoms with van der Waals surface area (Å²) in [5.41, 5.74) is 1.49. The first-order valence-electron chi connectivity index (χ1n) is 6.68. The number of nitrogens with zero attached hydrogens (tertiary/aromatic N) is 2. The molecule has 0 saturated heterocycles. The van der Waals surface area contributed by atoms with Gasteiger partial charge >= 0.3 is 0 Å². The molecule has 0 radical (unpaired) electrons. The van der Waals surface area contributed by atoms with Gasteiger partial charge in [-0.15, -0.1) is 16.8 Å². The van der Waals surface area contributed by atoms with Gasteiger partial charge in [-0.3, -0.25) is 4.79 Å². The molecule has 3 rings (SSSR count). The average molecular weight is 366 g/mol. The molecule has 0 fully saturated rings. The van der Waals surface area contributed by atoms with Crippen molar-refractivity contribution in [1.29, 1.82) is 0 Å². The highest BCUT2D eigenvalue weighted by Gasteiger charge is 2.13. The van der Waals surface area contributed by atoms with Crippen molar-refractivity contribution in [3.63, 3.8) is 0 Å². The van der Waals surface area contributed by atoms with Crippen LogP contribution in [-0.2, 0) is 11.2 Å². The smallest absolute Gasteiger partial charge is 0.230 e. The number of benzene rings is 1. The predicted molar refractivity (Wildman–Crippen MR) is 94.4 cm³/mol. The van der Waals surface area contributed by atoms with Gasteiger partial charge in [0.25, 0.3) is 0 Å². The van der Waals surface area contributed by atoms with Crippen LogP contribution in [0.15, 0.2) is 45.9 Å². The Labute approximate surface area is 145 Å². The number of aromatic nitrogens is 2. The molecular formula is C15H12ClN3O2S2. The molecule has 118 valence electrons. The number of furan rings is 1. The Morgan fingerprint density at radius 1 is 1.48 bits per heavy atom. The topological polar surface area (TPSA) is 68.0 Å². The van der Waals surface area contributed by atoms with Gasteiger partial charge in [0, 0.05) is 21.7 Å². The van der Waals surface area contributed by atoms with Gasteiger partial charge in [-0.1, -0.05) is 40.8 Å². The zero-order valence-corrected chi connectivity index (χ0v) is 14.3. The first kappa shape index (κ1) is 16.0. The molecular weight excluding hydrogens is 354 g/mol. The van der Waals surface area contributed by atoms with Gasteiger partial charge in [-0.25, -0.2) is 0 Å². The summed E-state index contributed by atoms with van der Waals surface area (Å²) in [6.07, 6.45) is 3.55. The lowest BCUT2D eigenvalue weighted by atomic mass is 10.1. The number of hydrogen-bond acceptors (Lipinski definition) is 6. The van der Waals surface area contributed by atoms with Gasteiger partial charge in [0.05, 0.1) is 12.7 Å². The number of anilines is 1. The third-order valence-corrected chi connectivity index (χ3v) is 5.15. The second kappa shape index (κ2) is 7.16. The quantitative estimate of drug-likeness (QED) is 0.398. The predicted octanol–water partition coefficient (Wildman–Crippen LogP) is 4.40. The Bertz CT molecular complexity index is 859. The zero-order chi connectivity index (χ0) is 16.2. The second-order valence-corrected chi connectivity index (χ2v) is 7.28. The number of carbonyl (C=O) groups excluding carboxylic acids is 1. The van der Waals surface area contributed by atoms with Crippen molar-refractivity contribution in [2.75, 3.05) is 11.1 Å². The van der Waals surface area contributed by atoms with Crippen LogP contribution in [0.25, 0.3) is 11.0 Å². The highest BCUT2D eigenvalue weighted by molar-refractivity contribution is 8.01. The molecule has 0 unspecified atom stereocenters. The van der Waals surface area contributed by atoms with Crippen molar-refractivity contribution in [1.82, 2.24) is 10.2 Å². The fraction of sp³-hybridized carbons (Fsp3) is 0.133. The number of rotatable bonds is 6. The summed E-state index contributed by atoms with van der Waals surface area (Å²) in [5, 5.41) is 12.6. The summed E-state index contributed by atoms with van der Waals surface area (Å²) in [7, 11) is 0. The van der Waals surface area contributed by atoms with E-state index in [0.717, 1.165) is 21.0 Å². The highest BCUT2D eigenvalue weighted by Crippen LogP contribution is 2.27. The van der Waals surface area contributed by atoms with Crippen LogP contribution in [0.4, 0.5) is 5.13 Å². The normalized spacial score (nSPS) is 10.8. The second-order valence-electron chi connectivity index (χ2n) is 4.60. The van der Waals surface area contributed by atoms with Crippen LogP contribution in [-0.4, -0.2) is 21.9 Å². The number of fused-ring (bicyclic) bond motifs is 1. The largest absolute Gasteiger partial charge is 0.464 e. The van der Waals surface area contributed by atoms with Gasteiger partial charge in [-0.05, 0) is 18.2 Å². The van der Waals surface area contributed by atoms with E-state index in [2.05, 4.69) is 22.1 Å². The van der Waals surface area contributed by atoms with Gasteiger partial charge in [-0.2, -0.15) is 0 Å². The van der Waals surface area contributed by atoms with E-state index < -0.39 is 0 Å². The van der Waals surface area contributed by atoms with E-state index in [1.807, 2.05) is 0 Å². The molecule has 0 aliphatic heterocycles. The van der Waals surface area contributed by atoms with Crippen molar-refractivity contribution in [2.24, 2.45) is 0 Å². The molecule has 0 bridgehead atoms. The number of hydrogen-bond donors (Lipinski definition) is 1. The third kappa shape index (κ3) is 3.93. The SMILES string of the molecule is C=CCSc1nnc(NC(=O)Cc2coc3ccc(Cl)cc23)s1. The minimum atomic E-state index is -0.177. The number of carbonyl (C=O) groups is 1. The summed E-state index contributed by atoms with van der Waals surface area (Å²) in [6, 6.07) is 5.33. The maximum absolute atomic E-state index is 12.2. The Hall–Kier alpha value is -1.83. The fourth-order valence-corrected chi connectivity index (χ4v) is 3.68. The molecule has 0 spiro atoms. The average Bonchev–Trinajstić information content (AvgIpc) is 3.12.